The molecule has 17 heavy (non-hydrogen) atoms. The number of fused-ring (bicyclic) bond motifs is 2. The van der Waals surface area contributed by atoms with Gasteiger partial charge in [0.05, 0.1) is 0 Å². The van der Waals surface area contributed by atoms with Crippen LogP contribution in [0.4, 0.5) is 0 Å². The smallest absolute Gasteiger partial charge is 0.150 e. The Morgan fingerprint density at radius 2 is 1.59 bits per heavy atom. The molecule has 0 unspecified atom stereocenters. The van der Waals surface area contributed by atoms with Crippen LogP contribution in [0.1, 0.15) is 15.9 Å². The van der Waals surface area contributed by atoms with Crippen molar-refractivity contribution in [2.24, 2.45) is 0 Å². The third-order valence-electron chi connectivity index (χ3n) is 3.26. The van der Waals surface area contributed by atoms with Crippen molar-refractivity contribution >= 4 is 27.8 Å². The Morgan fingerprint density at radius 3 is 2.29 bits per heavy atom. The first kappa shape index (κ1) is 10.0. The van der Waals surface area contributed by atoms with Gasteiger partial charge in [0.1, 0.15) is 0 Å². The summed E-state index contributed by atoms with van der Waals surface area (Å²) < 4.78 is 0. The van der Waals surface area contributed by atoms with E-state index in [1.807, 2.05) is 25.1 Å². The predicted octanol–water partition coefficient (Wildman–Crippen LogP) is 4.11. The fourth-order valence-electron chi connectivity index (χ4n) is 2.30. The molecule has 0 spiro atoms. The highest BCUT2D eigenvalue weighted by molar-refractivity contribution is 6.06. The zero-order valence-electron chi connectivity index (χ0n) is 9.60. The molecular weight excluding hydrogens is 208 g/mol. The van der Waals surface area contributed by atoms with Gasteiger partial charge in [0.2, 0.25) is 0 Å². The van der Waals surface area contributed by atoms with E-state index >= 15 is 0 Å². The number of carbonyl (C=O) groups excluding carboxylic acids is 1. The Labute approximate surface area is 99.7 Å². The number of aryl methyl sites for hydroxylation is 1. The molecule has 1 heteroatoms. The molecule has 3 rings (SSSR count). The molecule has 3 aromatic carbocycles. The molecule has 0 fully saturated rings. The van der Waals surface area contributed by atoms with Crippen molar-refractivity contribution in [2.75, 3.05) is 0 Å². The molecule has 0 bridgehead atoms. The summed E-state index contributed by atoms with van der Waals surface area (Å²) in [6, 6.07) is 16.5. The molecule has 0 saturated heterocycles. The lowest BCUT2D eigenvalue weighted by atomic mass is 9.97. The minimum atomic E-state index is 0.799. The fraction of sp³-hybridized carbons (Fsp3) is 0.0625. The zero-order valence-corrected chi connectivity index (χ0v) is 9.60. The lowest BCUT2D eigenvalue weighted by Gasteiger charge is -2.06. The van der Waals surface area contributed by atoms with Crippen LogP contribution in [0.3, 0.4) is 0 Å². The zero-order chi connectivity index (χ0) is 11.8. The van der Waals surface area contributed by atoms with Crippen molar-refractivity contribution in [1.29, 1.82) is 0 Å². The number of carbonyl (C=O) groups is 1. The molecule has 0 amide bonds. The number of aldehydes is 1. The fourth-order valence-corrected chi connectivity index (χ4v) is 2.30. The van der Waals surface area contributed by atoms with E-state index in [1.54, 1.807) is 0 Å². The van der Waals surface area contributed by atoms with Crippen LogP contribution in [0.5, 0.6) is 0 Å². The minimum Gasteiger partial charge on any atom is -0.298 e. The van der Waals surface area contributed by atoms with Crippen molar-refractivity contribution < 1.29 is 4.79 Å². The van der Waals surface area contributed by atoms with Crippen LogP contribution >= 0.6 is 0 Å². The first-order chi connectivity index (χ1) is 8.29. The summed E-state index contributed by atoms with van der Waals surface area (Å²) in [5, 5.41) is 4.55. The lowest BCUT2D eigenvalue weighted by Crippen LogP contribution is -1.88. The second kappa shape index (κ2) is 3.70. The van der Waals surface area contributed by atoms with E-state index in [2.05, 4.69) is 30.3 Å². The lowest BCUT2D eigenvalue weighted by molar-refractivity contribution is 0.112. The summed E-state index contributed by atoms with van der Waals surface area (Å²) >= 11 is 0. The van der Waals surface area contributed by atoms with Crippen LogP contribution in [0, 0.1) is 6.92 Å². The minimum absolute atomic E-state index is 0.799. The van der Waals surface area contributed by atoms with E-state index in [4.69, 9.17) is 0 Å². The predicted molar refractivity (Wildman–Crippen MR) is 71.6 cm³/mol. The average molecular weight is 220 g/mol. The first-order valence-corrected chi connectivity index (χ1v) is 5.67. The number of rotatable bonds is 1. The Bertz CT molecular complexity index is 726. The summed E-state index contributed by atoms with van der Waals surface area (Å²) in [6.07, 6.45) is 0.951. The summed E-state index contributed by atoms with van der Waals surface area (Å²) in [6.45, 7) is 1.97. The molecule has 0 saturated carbocycles. The summed E-state index contributed by atoms with van der Waals surface area (Å²) in [7, 11) is 0. The molecule has 1 nitrogen and oxygen atoms in total. The van der Waals surface area contributed by atoms with Gasteiger partial charge in [0.25, 0.3) is 0 Å². The monoisotopic (exact) mass is 220 g/mol. The van der Waals surface area contributed by atoms with Gasteiger partial charge < -0.3 is 0 Å². The van der Waals surface area contributed by atoms with E-state index < -0.39 is 0 Å². The normalized spacial score (nSPS) is 10.9. The van der Waals surface area contributed by atoms with E-state index in [1.165, 1.54) is 10.8 Å². The standard InChI is InChI=1S/C16H12O/c1-11-6-7-14-8-12-4-2-3-5-13(12)9-15(14)16(11)10-17/h2-10H,1H3. The third-order valence-corrected chi connectivity index (χ3v) is 3.26. The highest BCUT2D eigenvalue weighted by Gasteiger charge is 2.05. The van der Waals surface area contributed by atoms with E-state index in [9.17, 15) is 4.79 Å². The van der Waals surface area contributed by atoms with Crippen molar-refractivity contribution in [3.8, 4) is 0 Å². The number of benzene rings is 3. The molecule has 0 aliphatic carbocycles. The van der Waals surface area contributed by atoms with Gasteiger partial charge in [-0.25, -0.2) is 0 Å². The first-order valence-electron chi connectivity index (χ1n) is 5.67. The van der Waals surface area contributed by atoms with Gasteiger partial charge >= 0.3 is 0 Å². The topological polar surface area (TPSA) is 17.1 Å². The van der Waals surface area contributed by atoms with Crippen molar-refractivity contribution in [1.82, 2.24) is 0 Å². The van der Waals surface area contributed by atoms with Gasteiger partial charge in [-0.1, -0.05) is 36.4 Å². The molecule has 0 N–H and O–H groups in total. The Kier molecular flexibility index (Phi) is 2.19. The van der Waals surface area contributed by atoms with Gasteiger partial charge in [-0.15, -0.1) is 0 Å². The molecule has 0 aliphatic heterocycles. The quantitative estimate of drug-likeness (QED) is 0.445. The van der Waals surface area contributed by atoms with Gasteiger partial charge in [0, 0.05) is 5.56 Å². The Hall–Kier alpha value is -2.15. The van der Waals surface area contributed by atoms with Crippen LogP contribution < -0.4 is 0 Å². The molecule has 0 aliphatic rings. The van der Waals surface area contributed by atoms with Gasteiger partial charge in [-0.05, 0) is 46.2 Å². The molecule has 0 radical (unpaired) electrons. The average Bonchev–Trinajstić information content (AvgIpc) is 2.36. The van der Waals surface area contributed by atoms with Gasteiger partial charge in [-0.3, -0.25) is 4.79 Å². The van der Waals surface area contributed by atoms with E-state index in [-0.39, 0.29) is 0 Å². The third kappa shape index (κ3) is 1.51. The van der Waals surface area contributed by atoms with Gasteiger partial charge in [-0.2, -0.15) is 0 Å². The van der Waals surface area contributed by atoms with Gasteiger partial charge in [0.15, 0.2) is 6.29 Å². The molecular formula is C16H12O. The number of hydrogen-bond acceptors (Lipinski definition) is 1. The molecule has 0 heterocycles. The maximum absolute atomic E-state index is 11.2. The highest BCUT2D eigenvalue weighted by Crippen LogP contribution is 2.26. The SMILES string of the molecule is Cc1ccc2cc3ccccc3cc2c1C=O. The van der Waals surface area contributed by atoms with Crippen LogP contribution in [-0.2, 0) is 0 Å². The second-order valence-electron chi connectivity index (χ2n) is 4.33. The van der Waals surface area contributed by atoms with Crippen LogP contribution in [0.2, 0.25) is 0 Å². The highest BCUT2D eigenvalue weighted by atomic mass is 16.1. The van der Waals surface area contributed by atoms with E-state index in [0.29, 0.717) is 0 Å². The van der Waals surface area contributed by atoms with Crippen LogP contribution in [0.25, 0.3) is 21.5 Å². The maximum Gasteiger partial charge on any atom is 0.150 e. The van der Waals surface area contributed by atoms with Crippen molar-refractivity contribution in [3.05, 3.63) is 59.7 Å². The van der Waals surface area contributed by atoms with Crippen molar-refractivity contribution in [2.45, 2.75) is 6.92 Å². The molecule has 82 valence electrons. The largest absolute Gasteiger partial charge is 0.298 e. The molecule has 0 aromatic heterocycles. The van der Waals surface area contributed by atoms with Crippen LogP contribution in [-0.4, -0.2) is 6.29 Å². The maximum atomic E-state index is 11.2. The summed E-state index contributed by atoms with van der Waals surface area (Å²) in [5.74, 6) is 0. The van der Waals surface area contributed by atoms with E-state index in [0.717, 1.165) is 28.2 Å². The summed E-state index contributed by atoms with van der Waals surface area (Å²) in [5.41, 5.74) is 1.83. The Morgan fingerprint density at radius 1 is 0.882 bits per heavy atom. The van der Waals surface area contributed by atoms with Crippen molar-refractivity contribution in [3.63, 3.8) is 0 Å². The number of hydrogen-bond donors (Lipinski definition) is 0. The molecule has 0 atom stereocenters. The Balaban J connectivity index is 2.52. The summed E-state index contributed by atoms with van der Waals surface area (Å²) in [4.78, 5) is 11.2. The molecule has 3 aromatic rings. The van der Waals surface area contributed by atoms with Crippen LogP contribution in [0.15, 0.2) is 48.5 Å². The second-order valence-corrected chi connectivity index (χ2v) is 4.33.